The zero-order chi connectivity index (χ0) is 26.3. The van der Waals surface area contributed by atoms with E-state index in [4.69, 9.17) is 9.47 Å². The lowest BCUT2D eigenvalue weighted by Crippen LogP contribution is -2.24. The van der Waals surface area contributed by atoms with Crippen LogP contribution in [0.25, 0.3) is 10.8 Å². The van der Waals surface area contributed by atoms with Crippen LogP contribution in [0.5, 0.6) is 5.75 Å². The van der Waals surface area contributed by atoms with E-state index in [1.54, 1.807) is 0 Å². The van der Waals surface area contributed by atoms with E-state index in [0.717, 1.165) is 53.7 Å². The highest BCUT2D eigenvalue weighted by Gasteiger charge is 2.25. The molecule has 5 rings (SSSR count). The third kappa shape index (κ3) is 6.22. The van der Waals surface area contributed by atoms with Gasteiger partial charge in [-0.1, -0.05) is 66.7 Å². The first kappa shape index (κ1) is 25.5. The number of carbonyl (C=O) groups excluding carboxylic acids is 1. The second-order valence-corrected chi connectivity index (χ2v) is 9.84. The third-order valence-electron chi connectivity index (χ3n) is 7.11. The normalized spacial score (nSPS) is 16.2. The van der Waals surface area contributed by atoms with Crippen LogP contribution in [-0.2, 0) is 22.5 Å². The van der Waals surface area contributed by atoms with Gasteiger partial charge in [-0.15, -0.1) is 0 Å². The van der Waals surface area contributed by atoms with Gasteiger partial charge < -0.3 is 9.47 Å². The van der Waals surface area contributed by atoms with E-state index in [1.165, 1.54) is 5.56 Å². The number of carbonyl (C=O) groups is 1. The van der Waals surface area contributed by atoms with Crippen LogP contribution in [0, 0.1) is 11.3 Å². The lowest BCUT2D eigenvalue weighted by atomic mass is 9.91. The molecule has 5 nitrogen and oxygen atoms in total. The number of rotatable bonds is 9. The lowest BCUT2D eigenvalue weighted by Gasteiger charge is -2.19. The van der Waals surface area contributed by atoms with Gasteiger partial charge in [-0.25, -0.2) is 0 Å². The zero-order valence-corrected chi connectivity index (χ0v) is 21.7. The third-order valence-corrected chi connectivity index (χ3v) is 7.11. The number of hydrogen-bond donors (Lipinski definition) is 0. The summed E-state index contributed by atoms with van der Waals surface area (Å²) in [5.41, 5.74) is 3.87. The summed E-state index contributed by atoms with van der Waals surface area (Å²) in [6.07, 6.45) is 1.67. The molecule has 4 aromatic rings. The number of benzene rings is 4. The van der Waals surface area contributed by atoms with Crippen molar-refractivity contribution in [3.8, 4) is 11.8 Å². The minimum Gasteiger partial charge on any atom is -0.489 e. The molecular formula is C33H32N2O3. The highest BCUT2D eigenvalue weighted by molar-refractivity contribution is 5.85. The van der Waals surface area contributed by atoms with Gasteiger partial charge in [0.15, 0.2) is 0 Å². The van der Waals surface area contributed by atoms with Crippen LogP contribution >= 0.6 is 0 Å². The molecular weight excluding hydrogens is 472 g/mol. The van der Waals surface area contributed by atoms with Crippen molar-refractivity contribution in [1.82, 2.24) is 4.90 Å². The van der Waals surface area contributed by atoms with Crippen LogP contribution in [0.1, 0.15) is 41.5 Å². The maximum Gasteiger partial charge on any atom is 0.313 e. The SMILES string of the molecule is CCOC(=O)C(Cc1ccc2ccc(C#N)cc2c1)c1ccc(O[C@H]2CCN(Cc3ccccc3)C2)cc1. The van der Waals surface area contributed by atoms with Crippen molar-refractivity contribution in [3.63, 3.8) is 0 Å². The van der Waals surface area contributed by atoms with E-state index >= 15 is 0 Å². The second-order valence-electron chi connectivity index (χ2n) is 9.84. The largest absolute Gasteiger partial charge is 0.489 e. The molecule has 0 bridgehead atoms. The van der Waals surface area contributed by atoms with Crippen LogP contribution in [0.2, 0.25) is 0 Å². The molecule has 0 spiro atoms. The molecule has 1 heterocycles. The molecule has 1 aliphatic heterocycles. The van der Waals surface area contributed by atoms with E-state index < -0.39 is 5.92 Å². The Hall–Kier alpha value is -4.14. The van der Waals surface area contributed by atoms with Crippen molar-refractivity contribution in [2.45, 2.75) is 38.3 Å². The van der Waals surface area contributed by atoms with Gasteiger partial charge in [0, 0.05) is 19.6 Å². The van der Waals surface area contributed by atoms with Gasteiger partial charge in [-0.05, 0) is 71.5 Å². The molecule has 0 aliphatic carbocycles. The number of esters is 1. The molecule has 5 heteroatoms. The molecule has 0 aromatic heterocycles. The molecule has 0 N–H and O–H groups in total. The van der Waals surface area contributed by atoms with Crippen LogP contribution in [-0.4, -0.2) is 36.7 Å². The molecule has 1 saturated heterocycles. The quantitative estimate of drug-likeness (QED) is 0.252. The Morgan fingerprint density at radius 1 is 0.974 bits per heavy atom. The topological polar surface area (TPSA) is 62.6 Å². The lowest BCUT2D eigenvalue weighted by molar-refractivity contribution is -0.144. The van der Waals surface area contributed by atoms with Gasteiger partial charge in [-0.2, -0.15) is 5.26 Å². The summed E-state index contributed by atoms with van der Waals surface area (Å²) < 4.78 is 11.7. The van der Waals surface area contributed by atoms with Crippen molar-refractivity contribution in [1.29, 1.82) is 5.26 Å². The first-order valence-electron chi connectivity index (χ1n) is 13.2. The van der Waals surface area contributed by atoms with Crippen LogP contribution in [0.3, 0.4) is 0 Å². The Bertz CT molecular complexity index is 1430. The molecule has 0 saturated carbocycles. The Kier molecular flexibility index (Phi) is 8.01. The van der Waals surface area contributed by atoms with Crippen molar-refractivity contribution >= 4 is 16.7 Å². The van der Waals surface area contributed by atoms with E-state index in [2.05, 4.69) is 41.3 Å². The van der Waals surface area contributed by atoms with E-state index in [1.807, 2.05) is 67.6 Å². The predicted octanol–water partition coefficient (Wildman–Crippen LogP) is 6.25. The summed E-state index contributed by atoms with van der Waals surface area (Å²) in [7, 11) is 0. The van der Waals surface area contributed by atoms with Gasteiger partial charge in [-0.3, -0.25) is 9.69 Å². The van der Waals surface area contributed by atoms with Crippen molar-refractivity contribution in [3.05, 3.63) is 113 Å². The summed E-state index contributed by atoms with van der Waals surface area (Å²) in [5.74, 6) is 0.158. The van der Waals surface area contributed by atoms with Crippen LogP contribution in [0.15, 0.2) is 91.0 Å². The maximum atomic E-state index is 13.0. The summed E-state index contributed by atoms with van der Waals surface area (Å²) in [6, 6.07) is 32.4. The molecule has 4 aromatic carbocycles. The van der Waals surface area contributed by atoms with E-state index in [0.29, 0.717) is 18.6 Å². The number of nitrogens with zero attached hydrogens (tertiary/aromatic N) is 2. The summed E-state index contributed by atoms with van der Waals surface area (Å²) in [4.78, 5) is 15.4. The minimum atomic E-state index is -0.423. The number of fused-ring (bicyclic) bond motifs is 1. The smallest absolute Gasteiger partial charge is 0.313 e. The number of nitriles is 1. The highest BCUT2D eigenvalue weighted by Crippen LogP contribution is 2.28. The number of hydrogen-bond acceptors (Lipinski definition) is 5. The van der Waals surface area contributed by atoms with Gasteiger partial charge in [0.1, 0.15) is 11.9 Å². The van der Waals surface area contributed by atoms with Crippen LogP contribution < -0.4 is 4.74 Å². The fourth-order valence-corrected chi connectivity index (χ4v) is 5.16. The molecule has 0 radical (unpaired) electrons. The van der Waals surface area contributed by atoms with Gasteiger partial charge in [0.25, 0.3) is 0 Å². The fourth-order valence-electron chi connectivity index (χ4n) is 5.16. The first-order chi connectivity index (χ1) is 18.6. The summed E-state index contributed by atoms with van der Waals surface area (Å²) in [6.45, 7) is 5.02. The first-order valence-corrected chi connectivity index (χ1v) is 13.2. The summed E-state index contributed by atoms with van der Waals surface area (Å²) >= 11 is 0. The van der Waals surface area contributed by atoms with Gasteiger partial charge in [0.05, 0.1) is 24.2 Å². The summed E-state index contributed by atoms with van der Waals surface area (Å²) in [5, 5.41) is 11.3. The Morgan fingerprint density at radius 3 is 2.53 bits per heavy atom. The molecule has 1 fully saturated rings. The molecule has 0 amide bonds. The Labute approximate surface area is 224 Å². The Balaban J connectivity index is 1.26. The average molecular weight is 505 g/mol. The average Bonchev–Trinajstić information content (AvgIpc) is 3.38. The van der Waals surface area contributed by atoms with E-state index in [-0.39, 0.29) is 12.1 Å². The van der Waals surface area contributed by atoms with Gasteiger partial charge >= 0.3 is 5.97 Å². The van der Waals surface area contributed by atoms with Crippen LogP contribution in [0.4, 0.5) is 0 Å². The van der Waals surface area contributed by atoms with Crippen molar-refractivity contribution in [2.24, 2.45) is 0 Å². The van der Waals surface area contributed by atoms with Crippen molar-refractivity contribution in [2.75, 3.05) is 19.7 Å². The molecule has 38 heavy (non-hydrogen) atoms. The minimum absolute atomic E-state index is 0.154. The Morgan fingerprint density at radius 2 is 1.76 bits per heavy atom. The van der Waals surface area contributed by atoms with E-state index in [9.17, 15) is 10.1 Å². The zero-order valence-electron chi connectivity index (χ0n) is 21.7. The second kappa shape index (κ2) is 11.9. The number of likely N-dealkylation sites (tertiary alicyclic amines) is 1. The number of ether oxygens (including phenoxy) is 2. The molecule has 192 valence electrons. The standard InChI is InChI=1S/C33H32N2O3/c1-2-37-33(36)32(20-25-8-10-27-11-9-26(21-34)19-29(27)18-25)28-12-14-30(15-13-28)38-31-16-17-35(23-31)22-24-6-4-3-5-7-24/h3-15,18-19,31-32H,2,16-17,20,22-23H2,1H3/t31-,32?/m0/s1. The predicted molar refractivity (Wildman–Crippen MR) is 149 cm³/mol. The molecule has 1 aliphatic rings. The highest BCUT2D eigenvalue weighted by atomic mass is 16.5. The van der Waals surface area contributed by atoms with Gasteiger partial charge in [0.2, 0.25) is 0 Å². The van der Waals surface area contributed by atoms with Crippen molar-refractivity contribution < 1.29 is 14.3 Å². The monoisotopic (exact) mass is 504 g/mol. The maximum absolute atomic E-state index is 13.0. The fraction of sp³-hybridized carbons (Fsp3) is 0.273. The molecule has 1 unspecified atom stereocenters. The molecule has 2 atom stereocenters.